The number of carbonyl (C=O) groups is 2. The molecule has 1 aromatic carbocycles. The molecule has 0 bridgehead atoms. The number of amides is 1. The van der Waals surface area contributed by atoms with Gasteiger partial charge in [0, 0.05) is 23.6 Å². The van der Waals surface area contributed by atoms with E-state index in [4.69, 9.17) is 9.84 Å². The molecule has 0 aromatic heterocycles. The van der Waals surface area contributed by atoms with Crippen molar-refractivity contribution in [3.05, 3.63) is 33.9 Å². The van der Waals surface area contributed by atoms with Crippen LogP contribution in [0, 0.1) is 10.1 Å². The molecule has 0 radical (unpaired) electrons. The summed E-state index contributed by atoms with van der Waals surface area (Å²) in [6.45, 7) is 3.37. The molecule has 120 valence electrons. The van der Waals surface area contributed by atoms with Gasteiger partial charge in [0.25, 0.3) is 5.91 Å². The molecule has 0 heterocycles. The molecule has 22 heavy (non-hydrogen) atoms. The number of hydrogen-bond acceptors (Lipinski definition) is 5. The number of hydrogen-bond donors (Lipinski definition) is 2. The Morgan fingerprint density at radius 2 is 2.05 bits per heavy atom. The van der Waals surface area contributed by atoms with Crippen LogP contribution in [0.5, 0.6) is 5.75 Å². The van der Waals surface area contributed by atoms with Gasteiger partial charge < -0.3 is 15.2 Å². The highest BCUT2D eigenvalue weighted by Gasteiger charge is 2.24. The van der Waals surface area contributed by atoms with Gasteiger partial charge in [0.05, 0.1) is 12.0 Å². The van der Waals surface area contributed by atoms with E-state index in [1.807, 2.05) is 0 Å². The molecule has 0 aliphatic heterocycles. The highest BCUT2D eigenvalue weighted by atomic mass is 16.6. The van der Waals surface area contributed by atoms with E-state index < -0.39 is 22.3 Å². The van der Waals surface area contributed by atoms with Gasteiger partial charge >= 0.3 is 11.7 Å². The van der Waals surface area contributed by atoms with Gasteiger partial charge in [-0.05, 0) is 32.4 Å². The Balaban J connectivity index is 2.92. The number of aliphatic carboxylic acids is 1. The first kappa shape index (κ1) is 17.4. The van der Waals surface area contributed by atoms with Crippen LogP contribution in [-0.2, 0) is 4.79 Å². The summed E-state index contributed by atoms with van der Waals surface area (Å²) in [5.41, 5.74) is -0.945. The van der Waals surface area contributed by atoms with Gasteiger partial charge in [-0.3, -0.25) is 19.7 Å². The van der Waals surface area contributed by atoms with Gasteiger partial charge in [0.1, 0.15) is 0 Å². The Morgan fingerprint density at radius 1 is 1.41 bits per heavy atom. The molecule has 0 fully saturated rings. The molecule has 0 aliphatic carbocycles. The molecular formula is C14H18N2O6. The van der Waals surface area contributed by atoms with E-state index in [1.165, 1.54) is 19.2 Å². The lowest BCUT2D eigenvalue weighted by Crippen LogP contribution is -2.43. The fraction of sp³-hybridized carbons (Fsp3) is 0.429. The van der Waals surface area contributed by atoms with Gasteiger partial charge in [0.15, 0.2) is 5.75 Å². The minimum atomic E-state index is -0.956. The summed E-state index contributed by atoms with van der Waals surface area (Å²) in [7, 11) is 1.30. The predicted octanol–water partition coefficient (Wildman–Crippen LogP) is 1.98. The van der Waals surface area contributed by atoms with Crippen LogP contribution in [0.2, 0.25) is 0 Å². The van der Waals surface area contributed by atoms with Crippen LogP contribution < -0.4 is 10.1 Å². The fourth-order valence-corrected chi connectivity index (χ4v) is 1.84. The predicted molar refractivity (Wildman–Crippen MR) is 78.1 cm³/mol. The summed E-state index contributed by atoms with van der Waals surface area (Å²) in [5.74, 6) is -1.41. The van der Waals surface area contributed by atoms with Crippen molar-refractivity contribution in [2.75, 3.05) is 7.11 Å². The summed E-state index contributed by atoms with van der Waals surface area (Å²) in [6.07, 6.45) is 0.155. The Labute approximate surface area is 127 Å². The van der Waals surface area contributed by atoms with Crippen molar-refractivity contribution in [1.82, 2.24) is 5.32 Å². The van der Waals surface area contributed by atoms with Crippen molar-refractivity contribution in [2.45, 2.75) is 32.2 Å². The van der Waals surface area contributed by atoms with Gasteiger partial charge in [-0.15, -0.1) is 0 Å². The standard InChI is InChI=1S/C14H18N2O6/c1-14(2,7-6-12(17)18)15-13(19)9-4-5-11(22-3)10(8-9)16(20)21/h4-5,8H,6-7H2,1-3H3,(H,15,19)(H,17,18). The van der Waals surface area contributed by atoms with E-state index in [-0.39, 0.29) is 29.8 Å². The van der Waals surface area contributed by atoms with E-state index in [2.05, 4.69) is 5.32 Å². The average Bonchev–Trinajstić information content (AvgIpc) is 2.44. The molecule has 1 rings (SSSR count). The van der Waals surface area contributed by atoms with E-state index in [1.54, 1.807) is 13.8 Å². The zero-order chi connectivity index (χ0) is 16.9. The van der Waals surface area contributed by atoms with Crippen LogP contribution in [0.25, 0.3) is 0 Å². The van der Waals surface area contributed by atoms with Gasteiger partial charge in [-0.2, -0.15) is 0 Å². The smallest absolute Gasteiger partial charge is 0.311 e. The second kappa shape index (κ2) is 6.88. The zero-order valence-electron chi connectivity index (χ0n) is 12.6. The molecule has 0 spiro atoms. The van der Waals surface area contributed by atoms with Crippen LogP contribution in [0.3, 0.4) is 0 Å². The number of carboxylic acids is 1. The molecule has 0 unspecified atom stereocenters. The number of rotatable bonds is 7. The van der Waals surface area contributed by atoms with Crippen molar-refractivity contribution in [3.63, 3.8) is 0 Å². The summed E-state index contributed by atoms with van der Waals surface area (Å²) in [4.78, 5) is 33.1. The normalized spacial score (nSPS) is 10.9. The van der Waals surface area contributed by atoms with Crippen molar-refractivity contribution >= 4 is 17.6 Å². The van der Waals surface area contributed by atoms with Crippen LogP contribution in [0.4, 0.5) is 5.69 Å². The van der Waals surface area contributed by atoms with Crippen molar-refractivity contribution in [3.8, 4) is 5.75 Å². The molecule has 1 amide bonds. The first-order valence-electron chi connectivity index (χ1n) is 6.53. The Kier molecular flexibility index (Phi) is 5.44. The maximum atomic E-state index is 12.2. The Morgan fingerprint density at radius 3 is 2.55 bits per heavy atom. The Bertz CT molecular complexity index is 597. The van der Waals surface area contributed by atoms with Crippen LogP contribution in [-0.4, -0.2) is 34.6 Å². The van der Waals surface area contributed by atoms with Gasteiger partial charge in [-0.1, -0.05) is 0 Å². The monoisotopic (exact) mass is 310 g/mol. The minimum Gasteiger partial charge on any atom is -0.490 e. The lowest BCUT2D eigenvalue weighted by atomic mass is 9.97. The third kappa shape index (κ3) is 4.72. The number of nitrogens with one attached hydrogen (secondary N) is 1. The lowest BCUT2D eigenvalue weighted by Gasteiger charge is -2.25. The summed E-state index contributed by atoms with van der Waals surface area (Å²) in [6, 6.07) is 3.88. The highest BCUT2D eigenvalue weighted by Crippen LogP contribution is 2.27. The highest BCUT2D eigenvalue weighted by molar-refractivity contribution is 5.95. The van der Waals surface area contributed by atoms with Crippen molar-refractivity contribution in [1.29, 1.82) is 0 Å². The number of carboxylic acid groups (broad SMARTS) is 1. The van der Waals surface area contributed by atoms with E-state index in [0.29, 0.717) is 0 Å². The second-order valence-electron chi connectivity index (χ2n) is 5.38. The topological polar surface area (TPSA) is 119 Å². The third-order valence-corrected chi connectivity index (χ3v) is 3.05. The zero-order valence-corrected chi connectivity index (χ0v) is 12.6. The second-order valence-corrected chi connectivity index (χ2v) is 5.38. The number of nitrogens with zero attached hydrogens (tertiary/aromatic N) is 1. The molecule has 8 nitrogen and oxygen atoms in total. The molecule has 0 saturated heterocycles. The summed E-state index contributed by atoms with van der Waals surface area (Å²) < 4.78 is 4.87. The quantitative estimate of drug-likeness (QED) is 0.587. The summed E-state index contributed by atoms with van der Waals surface area (Å²) >= 11 is 0. The molecule has 0 atom stereocenters. The van der Waals surface area contributed by atoms with E-state index in [9.17, 15) is 19.7 Å². The largest absolute Gasteiger partial charge is 0.490 e. The van der Waals surface area contributed by atoms with E-state index in [0.717, 1.165) is 6.07 Å². The minimum absolute atomic E-state index is 0.0617. The van der Waals surface area contributed by atoms with Crippen LogP contribution in [0.15, 0.2) is 18.2 Å². The van der Waals surface area contributed by atoms with Crippen LogP contribution in [0.1, 0.15) is 37.0 Å². The first-order valence-corrected chi connectivity index (χ1v) is 6.53. The molecular weight excluding hydrogens is 292 g/mol. The maximum absolute atomic E-state index is 12.2. The molecule has 0 aliphatic rings. The number of nitro groups is 1. The number of methoxy groups -OCH3 is 1. The van der Waals surface area contributed by atoms with E-state index >= 15 is 0 Å². The van der Waals surface area contributed by atoms with Crippen molar-refractivity contribution < 1.29 is 24.4 Å². The summed E-state index contributed by atoms with van der Waals surface area (Å²) in [5, 5.41) is 22.3. The Hall–Kier alpha value is -2.64. The van der Waals surface area contributed by atoms with Gasteiger partial charge in [-0.25, -0.2) is 0 Å². The van der Waals surface area contributed by atoms with Gasteiger partial charge in [0.2, 0.25) is 0 Å². The van der Waals surface area contributed by atoms with Crippen molar-refractivity contribution in [2.24, 2.45) is 0 Å². The maximum Gasteiger partial charge on any atom is 0.311 e. The van der Waals surface area contributed by atoms with Crippen LogP contribution >= 0.6 is 0 Å². The molecule has 2 N–H and O–H groups in total. The SMILES string of the molecule is COc1ccc(C(=O)NC(C)(C)CCC(=O)O)cc1[N+](=O)[O-]. The average molecular weight is 310 g/mol. The fourth-order valence-electron chi connectivity index (χ4n) is 1.84. The molecule has 1 aromatic rings. The molecule has 0 saturated carbocycles. The third-order valence-electron chi connectivity index (χ3n) is 3.05. The number of ether oxygens (including phenoxy) is 1. The molecule has 8 heteroatoms. The number of benzene rings is 1. The number of nitro benzene ring substituents is 1. The lowest BCUT2D eigenvalue weighted by molar-refractivity contribution is -0.385. The number of carbonyl (C=O) groups excluding carboxylic acids is 1. The first-order chi connectivity index (χ1) is 10.2.